The first-order chi connectivity index (χ1) is 11.1. The molecule has 0 unspecified atom stereocenters. The number of pyridine rings is 1. The van der Waals surface area contributed by atoms with Gasteiger partial charge < -0.3 is 5.32 Å². The molecule has 1 aliphatic rings. The monoisotopic (exact) mass is 328 g/mol. The van der Waals surface area contributed by atoms with Gasteiger partial charge in [0.25, 0.3) is 0 Å². The fourth-order valence-electron chi connectivity index (χ4n) is 2.86. The minimum Gasteiger partial charge on any atom is -0.346 e. The first kappa shape index (κ1) is 15.9. The molecule has 0 spiro atoms. The van der Waals surface area contributed by atoms with E-state index >= 15 is 0 Å². The van der Waals surface area contributed by atoms with Gasteiger partial charge in [-0.25, -0.2) is 4.98 Å². The van der Waals surface area contributed by atoms with Crippen molar-refractivity contribution in [2.45, 2.75) is 36.8 Å². The van der Waals surface area contributed by atoms with Gasteiger partial charge in [0.15, 0.2) is 0 Å². The van der Waals surface area contributed by atoms with Gasteiger partial charge in [-0.1, -0.05) is 36.4 Å². The molecule has 0 radical (unpaired) electrons. The molecule has 1 aromatic carbocycles. The van der Waals surface area contributed by atoms with Crippen molar-refractivity contribution in [3.05, 3.63) is 59.8 Å². The Labute approximate surface area is 138 Å². The SMILES string of the molecule is Cc1ccc([S@@](=O)CC(=O)NC2(c3ccccc3)CCC2)nc1. The lowest BCUT2D eigenvalue weighted by Crippen LogP contribution is -2.51. The van der Waals surface area contributed by atoms with Crippen LogP contribution in [-0.4, -0.2) is 20.9 Å². The van der Waals surface area contributed by atoms with Crippen molar-refractivity contribution in [1.29, 1.82) is 0 Å². The molecule has 23 heavy (non-hydrogen) atoms. The summed E-state index contributed by atoms with van der Waals surface area (Å²) in [6.07, 6.45) is 4.62. The van der Waals surface area contributed by atoms with Gasteiger partial charge in [0.1, 0.15) is 10.8 Å². The van der Waals surface area contributed by atoms with E-state index in [4.69, 9.17) is 0 Å². The highest BCUT2D eigenvalue weighted by Gasteiger charge is 2.40. The van der Waals surface area contributed by atoms with Gasteiger partial charge in [-0.3, -0.25) is 9.00 Å². The number of hydrogen-bond donors (Lipinski definition) is 1. The van der Waals surface area contributed by atoms with Gasteiger partial charge in [0, 0.05) is 6.20 Å². The van der Waals surface area contributed by atoms with E-state index in [1.165, 1.54) is 0 Å². The van der Waals surface area contributed by atoms with Crippen LogP contribution in [0.4, 0.5) is 0 Å². The minimum atomic E-state index is -1.41. The maximum atomic E-state index is 12.3. The maximum absolute atomic E-state index is 12.3. The van der Waals surface area contributed by atoms with Crippen molar-refractivity contribution >= 4 is 16.7 Å². The molecule has 1 N–H and O–H groups in total. The summed E-state index contributed by atoms with van der Waals surface area (Å²) in [6, 6.07) is 13.6. The largest absolute Gasteiger partial charge is 0.346 e. The highest BCUT2D eigenvalue weighted by atomic mass is 32.2. The van der Waals surface area contributed by atoms with Gasteiger partial charge in [-0.2, -0.15) is 0 Å². The smallest absolute Gasteiger partial charge is 0.233 e. The Morgan fingerprint density at radius 2 is 1.96 bits per heavy atom. The number of hydrogen-bond acceptors (Lipinski definition) is 3. The van der Waals surface area contributed by atoms with Crippen molar-refractivity contribution in [1.82, 2.24) is 10.3 Å². The summed E-state index contributed by atoms with van der Waals surface area (Å²) >= 11 is 0. The van der Waals surface area contributed by atoms with Crippen molar-refractivity contribution in [2.75, 3.05) is 5.75 Å². The average Bonchev–Trinajstić information content (AvgIpc) is 2.52. The number of benzene rings is 1. The van der Waals surface area contributed by atoms with Crippen LogP contribution in [0, 0.1) is 6.92 Å². The summed E-state index contributed by atoms with van der Waals surface area (Å²) in [6.45, 7) is 1.92. The van der Waals surface area contributed by atoms with Crippen LogP contribution in [0.15, 0.2) is 53.7 Å². The van der Waals surface area contributed by atoms with Crippen LogP contribution in [-0.2, 0) is 21.1 Å². The minimum absolute atomic E-state index is 0.0509. The summed E-state index contributed by atoms with van der Waals surface area (Å²) in [5, 5.41) is 3.55. The van der Waals surface area contributed by atoms with Gasteiger partial charge in [0.2, 0.25) is 5.91 Å². The van der Waals surface area contributed by atoms with E-state index in [9.17, 15) is 9.00 Å². The van der Waals surface area contributed by atoms with Crippen LogP contribution in [0.2, 0.25) is 0 Å². The molecular weight excluding hydrogens is 308 g/mol. The van der Waals surface area contributed by atoms with Gasteiger partial charge in [0.05, 0.1) is 16.3 Å². The highest BCUT2D eigenvalue weighted by molar-refractivity contribution is 7.85. The summed E-state index contributed by atoms with van der Waals surface area (Å²) in [5.41, 5.74) is 1.84. The van der Waals surface area contributed by atoms with E-state index in [2.05, 4.69) is 10.3 Å². The number of aryl methyl sites for hydroxylation is 1. The van der Waals surface area contributed by atoms with Crippen LogP contribution < -0.4 is 5.32 Å². The van der Waals surface area contributed by atoms with E-state index in [0.29, 0.717) is 5.03 Å². The summed E-state index contributed by atoms with van der Waals surface area (Å²) in [5.74, 6) is -0.237. The Hall–Kier alpha value is -2.01. The molecule has 3 rings (SSSR count). The van der Waals surface area contributed by atoms with E-state index in [0.717, 1.165) is 30.4 Å². The molecule has 1 aliphatic carbocycles. The second-order valence-corrected chi connectivity index (χ2v) is 7.41. The van der Waals surface area contributed by atoms with E-state index in [1.54, 1.807) is 12.3 Å². The van der Waals surface area contributed by atoms with Gasteiger partial charge in [-0.05, 0) is 43.4 Å². The lowest BCUT2D eigenvalue weighted by molar-refractivity contribution is -0.121. The number of carbonyl (C=O) groups excluding carboxylic acids is 1. The molecule has 2 aromatic rings. The van der Waals surface area contributed by atoms with Crippen LogP contribution in [0.5, 0.6) is 0 Å². The van der Waals surface area contributed by atoms with Crippen molar-refractivity contribution in [3.63, 3.8) is 0 Å². The molecule has 120 valence electrons. The third kappa shape index (κ3) is 3.50. The topological polar surface area (TPSA) is 59.1 Å². The Balaban J connectivity index is 1.67. The zero-order chi connectivity index (χ0) is 16.3. The number of carbonyl (C=O) groups is 1. The Bertz CT molecular complexity index is 710. The van der Waals surface area contributed by atoms with E-state index in [1.807, 2.05) is 43.3 Å². The quantitative estimate of drug-likeness (QED) is 0.918. The predicted octanol–water partition coefficient (Wildman–Crippen LogP) is 2.69. The average molecular weight is 328 g/mol. The molecule has 5 heteroatoms. The molecule has 1 heterocycles. The number of aromatic nitrogens is 1. The fraction of sp³-hybridized carbons (Fsp3) is 0.333. The molecule has 1 aromatic heterocycles. The molecule has 0 aliphatic heterocycles. The Morgan fingerprint density at radius 3 is 2.52 bits per heavy atom. The zero-order valence-corrected chi connectivity index (χ0v) is 13.9. The molecule has 0 saturated heterocycles. The first-order valence-corrected chi connectivity index (χ1v) is 9.09. The van der Waals surface area contributed by atoms with Crippen LogP contribution >= 0.6 is 0 Å². The number of nitrogens with zero attached hydrogens (tertiary/aromatic N) is 1. The molecule has 1 amide bonds. The summed E-state index contributed by atoms with van der Waals surface area (Å²) < 4.78 is 12.3. The van der Waals surface area contributed by atoms with E-state index in [-0.39, 0.29) is 17.2 Å². The molecule has 1 fully saturated rings. The fourth-order valence-corrected chi connectivity index (χ4v) is 3.71. The normalized spacial score (nSPS) is 17.1. The van der Waals surface area contributed by atoms with Gasteiger partial charge in [-0.15, -0.1) is 0 Å². The lowest BCUT2D eigenvalue weighted by atomic mass is 9.72. The molecule has 1 atom stereocenters. The highest BCUT2D eigenvalue weighted by Crippen LogP contribution is 2.41. The van der Waals surface area contributed by atoms with Crippen LogP contribution in [0.3, 0.4) is 0 Å². The third-order valence-corrected chi connectivity index (χ3v) is 5.52. The second kappa shape index (κ2) is 6.62. The number of amides is 1. The van der Waals surface area contributed by atoms with Crippen molar-refractivity contribution in [3.8, 4) is 0 Å². The Kier molecular flexibility index (Phi) is 4.57. The molecule has 1 saturated carbocycles. The van der Waals surface area contributed by atoms with Crippen LogP contribution in [0.25, 0.3) is 0 Å². The number of nitrogens with one attached hydrogen (secondary N) is 1. The van der Waals surface area contributed by atoms with Crippen molar-refractivity contribution < 1.29 is 9.00 Å². The standard InChI is InChI=1S/C18H20N2O2S/c1-14-8-9-17(19-12-14)23(22)13-16(21)20-18(10-5-11-18)15-6-3-2-4-7-15/h2-4,6-9,12H,5,10-11,13H2,1H3,(H,20,21)/t23-/m0/s1. The van der Waals surface area contributed by atoms with E-state index < -0.39 is 10.8 Å². The summed E-state index contributed by atoms with van der Waals surface area (Å²) in [4.78, 5) is 16.5. The summed E-state index contributed by atoms with van der Waals surface area (Å²) in [7, 11) is -1.41. The zero-order valence-electron chi connectivity index (χ0n) is 13.1. The maximum Gasteiger partial charge on any atom is 0.233 e. The third-order valence-electron chi connectivity index (χ3n) is 4.29. The first-order valence-electron chi connectivity index (χ1n) is 7.77. The molecule has 4 nitrogen and oxygen atoms in total. The second-order valence-electron chi connectivity index (χ2n) is 6.01. The van der Waals surface area contributed by atoms with Gasteiger partial charge >= 0.3 is 0 Å². The molecule has 0 bridgehead atoms. The van der Waals surface area contributed by atoms with Crippen molar-refractivity contribution in [2.24, 2.45) is 0 Å². The number of rotatable bonds is 5. The molecular formula is C18H20N2O2S. The predicted molar refractivity (Wildman–Crippen MR) is 90.4 cm³/mol. The Morgan fingerprint density at radius 1 is 1.22 bits per heavy atom. The lowest BCUT2D eigenvalue weighted by Gasteiger charge is -2.43. The van der Waals surface area contributed by atoms with Crippen LogP contribution in [0.1, 0.15) is 30.4 Å².